The lowest BCUT2D eigenvalue weighted by Gasteiger charge is -2.62. The molecule has 6 amide bonds. The van der Waals surface area contributed by atoms with Crippen LogP contribution in [0.25, 0.3) is 0 Å². The molecule has 2 aliphatic heterocycles. The summed E-state index contributed by atoms with van der Waals surface area (Å²) in [4.78, 5) is 67.2. The molecule has 2 spiro atoms. The lowest BCUT2D eigenvalue weighted by molar-refractivity contribution is -0.162. The monoisotopic (exact) mass is 481 g/mol. The zero-order valence-electron chi connectivity index (χ0n) is 21.4. The number of hydrogen-bond donors (Lipinski definition) is 0. The van der Waals surface area contributed by atoms with Crippen LogP contribution in [-0.2, 0) is 19.0 Å². The molecule has 1 aliphatic carbocycles. The molecule has 2 heterocycles. The number of nitrogens with zero attached hydrogens (tertiary/aromatic N) is 3. The van der Waals surface area contributed by atoms with Gasteiger partial charge in [-0.2, -0.15) is 4.90 Å². The predicted octanol–water partition coefficient (Wildman–Crippen LogP) is 3.89. The average Bonchev–Trinajstić information content (AvgIpc) is 2.72. The van der Waals surface area contributed by atoms with Crippen LogP contribution in [0.3, 0.4) is 0 Å². The van der Waals surface area contributed by atoms with Gasteiger partial charge in [-0.05, 0) is 75.2 Å². The number of likely N-dealkylation sites (tertiary alicyclic amines) is 1. The number of amides is 6. The van der Waals surface area contributed by atoms with Gasteiger partial charge in [0.2, 0.25) is 0 Å². The molecule has 190 valence electrons. The number of carbonyl (C=O) groups excluding carboxylic acids is 5. The fourth-order valence-electron chi connectivity index (χ4n) is 4.64. The molecular formula is C23H35N3O8. The maximum Gasteiger partial charge on any atom is 0.425 e. The van der Waals surface area contributed by atoms with E-state index in [0.717, 1.165) is 4.90 Å². The minimum Gasteiger partial charge on any atom is -0.444 e. The summed E-state index contributed by atoms with van der Waals surface area (Å²) in [5.41, 5.74) is -4.54. The molecular weight excluding hydrogens is 446 g/mol. The fourth-order valence-corrected chi connectivity index (χ4v) is 4.64. The van der Waals surface area contributed by atoms with E-state index in [1.54, 1.807) is 62.3 Å². The summed E-state index contributed by atoms with van der Waals surface area (Å²) in [6.07, 6.45) is -2.38. The Balaban J connectivity index is 1.82. The summed E-state index contributed by atoms with van der Waals surface area (Å²) in [5.74, 6) is -0.820. The van der Waals surface area contributed by atoms with Gasteiger partial charge >= 0.3 is 24.3 Å². The molecule has 3 aliphatic rings. The number of ether oxygens (including phenoxy) is 3. The second-order valence-electron chi connectivity index (χ2n) is 12.4. The normalized spacial score (nSPS) is 21.4. The predicted molar refractivity (Wildman–Crippen MR) is 119 cm³/mol. The van der Waals surface area contributed by atoms with Crippen molar-refractivity contribution in [3.8, 4) is 0 Å². The maximum atomic E-state index is 13.4. The van der Waals surface area contributed by atoms with Crippen LogP contribution in [0, 0.1) is 5.41 Å². The van der Waals surface area contributed by atoms with Crippen LogP contribution < -0.4 is 0 Å². The molecule has 0 N–H and O–H groups in total. The van der Waals surface area contributed by atoms with E-state index in [1.165, 1.54) is 4.90 Å². The Morgan fingerprint density at radius 3 is 1.56 bits per heavy atom. The van der Waals surface area contributed by atoms with Crippen LogP contribution >= 0.6 is 0 Å². The molecule has 34 heavy (non-hydrogen) atoms. The summed E-state index contributed by atoms with van der Waals surface area (Å²) >= 11 is 0. The van der Waals surface area contributed by atoms with E-state index in [2.05, 4.69) is 0 Å². The minimum absolute atomic E-state index is 0.114. The van der Waals surface area contributed by atoms with E-state index < -0.39 is 58.0 Å². The van der Waals surface area contributed by atoms with Gasteiger partial charge in [-0.15, -0.1) is 0 Å². The molecule has 0 atom stereocenters. The number of rotatable bonds is 0. The number of imide groups is 4. The summed E-state index contributed by atoms with van der Waals surface area (Å²) in [5, 5.41) is 0. The molecule has 11 nitrogen and oxygen atoms in total. The molecule has 1 saturated carbocycles. The van der Waals surface area contributed by atoms with Gasteiger partial charge in [-0.3, -0.25) is 4.79 Å². The first-order valence-electron chi connectivity index (χ1n) is 11.3. The van der Waals surface area contributed by atoms with E-state index in [0.29, 0.717) is 18.0 Å². The summed E-state index contributed by atoms with van der Waals surface area (Å²) in [7, 11) is 0. The third kappa shape index (κ3) is 4.69. The summed E-state index contributed by atoms with van der Waals surface area (Å²) in [6, 6.07) is -1.09. The zero-order valence-corrected chi connectivity index (χ0v) is 21.4. The fraction of sp³-hybridized carbons (Fsp3) is 0.783. The highest BCUT2D eigenvalue weighted by Gasteiger charge is 2.74. The Bertz CT molecular complexity index is 923. The van der Waals surface area contributed by atoms with Crippen LogP contribution in [0.2, 0.25) is 0 Å². The van der Waals surface area contributed by atoms with Crippen LogP contribution in [0.1, 0.15) is 75.2 Å². The Labute approximate surface area is 199 Å². The molecule has 3 fully saturated rings. The van der Waals surface area contributed by atoms with Gasteiger partial charge in [0, 0.05) is 18.5 Å². The van der Waals surface area contributed by atoms with E-state index in [-0.39, 0.29) is 12.8 Å². The smallest absolute Gasteiger partial charge is 0.425 e. The largest absolute Gasteiger partial charge is 0.444 e. The van der Waals surface area contributed by atoms with Gasteiger partial charge in [0.25, 0.3) is 5.91 Å². The third-order valence-corrected chi connectivity index (χ3v) is 5.60. The van der Waals surface area contributed by atoms with Crippen LogP contribution in [0.15, 0.2) is 0 Å². The van der Waals surface area contributed by atoms with Gasteiger partial charge in [-0.25, -0.2) is 24.1 Å². The first kappa shape index (κ1) is 25.8. The molecule has 0 bridgehead atoms. The van der Waals surface area contributed by atoms with Gasteiger partial charge in [-0.1, -0.05) is 0 Å². The lowest BCUT2D eigenvalue weighted by atomic mass is 9.53. The Morgan fingerprint density at radius 2 is 1.12 bits per heavy atom. The van der Waals surface area contributed by atoms with Crippen molar-refractivity contribution < 1.29 is 38.2 Å². The van der Waals surface area contributed by atoms with Crippen molar-refractivity contribution >= 4 is 30.2 Å². The highest BCUT2D eigenvalue weighted by Crippen LogP contribution is 2.59. The molecule has 0 radical (unpaired) electrons. The number of urea groups is 1. The first-order valence-corrected chi connectivity index (χ1v) is 11.3. The van der Waals surface area contributed by atoms with Gasteiger partial charge in [0.05, 0.1) is 0 Å². The van der Waals surface area contributed by atoms with E-state index in [1.807, 2.05) is 0 Å². The standard InChI is InChI=1S/C23H35N3O8/c1-19(2,3)32-16(29)24-12-22(13-24)10-23(11-22)14(27)25(17(30)33-20(4,5)6)15(28)26(23)18(31)34-21(7,8)9/h10-13H2,1-9H3. The maximum absolute atomic E-state index is 13.4. The van der Waals surface area contributed by atoms with Crippen molar-refractivity contribution in [2.45, 2.75) is 97.5 Å². The summed E-state index contributed by atoms with van der Waals surface area (Å²) in [6.45, 7) is 15.7. The van der Waals surface area contributed by atoms with E-state index in [4.69, 9.17) is 14.2 Å². The topological polar surface area (TPSA) is 123 Å². The molecule has 3 rings (SSSR count). The second kappa shape index (κ2) is 7.58. The summed E-state index contributed by atoms with van der Waals surface area (Å²) < 4.78 is 16.0. The molecule has 2 saturated heterocycles. The molecule has 11 heteroatoms. The van der Waals surface area contributed by atoms with Crippen molar-refractivity contribution in [2.75, 3.05) is 13.1 Å². The van der Waals surface area contributed by atoms with Crippen molar-refractivity contribution in [3.63, 3.8) is 0 Å². The van der Waals surface area contributed by atoms with E-state index in [9.17, 15) is 24.0 Å². The quantitative estimate of drug-likeness (QED) is 0.377. The Hall–Kier alpha value is -2.85. The van der Waals surface area contributed by atoms with Gasteiger partial charge in [0.15, 0.2) is 0 Å². The molecule has 0 unspecified atom stereocenters. The van der Waals surface area contributed by atoms with Gasteiger partial charge in [0.1, 0.15) is 22.3 Å². The molecule has 0 aromatic rings. The number of carbonyl (C=O) groups is 5. The SMILES string of the molecule is CC(C)(C)OC(=O)N1CC2(C1)CC1(C2)C(=O)N(C(=O)OC(C)(C)C)C(=O)N1C(=O)OC(C)(C)C. The Kier molecular flexibility index (Phi) is 5.74. The third-order valence-electron chi connectivity index (χ3n) is 5.60. The minimum atomic E-state index is -1.56. The average molecular weight is 482 g/mol. The highest BCUT2D eigenvalue weighted by atomic mass is 16.6. The molecule has 0 aromatic carbocycles. The van der Waals surface area contributed by atoms with E-state index >= 15 is 0 Å². The van der Waals surface area contributed by atoms with Crippen molar-refractivity contribution in [2.24, 2.45) is 5.41 Å². The van der Waals surface area contributed by atoms with Crippen LogP contribution in [0.4, 0.5) is 19.2 Å². The van der Waals surface area contributed by atoms with Crippen LogP contribution in [0.5, 0.6) is 0 Å². The second-order valence-corrected chi connectivity index (χ2v) is 12.4. The first-order chi connectivity index (χ1) is 15.2. The van der Waals surface area contributed by atoms with Crippen molar-refractivity contribution in [1.29, 1.82) is 0 Å². The van der Waals surface area contributed by atoms with Crippen LogP contribution in [-0.4, -0.2) is 80.3 Å². The van der Waals surface area contributed by atoms with Crippen molar-refractivity contribution in [3.05, 3.63) is 0 Å². The zero-order chi connectivity index (χ0) is 26.1. The molecule has 0 aromatic heterocycles. The number of hydrogen-bond acceptors (Lipinski definition) is 8. The lowest BCUT2D eigenvalue weighted by Crippen LogP contribution is -2.74. The highest BCUT2D eigenvalue weighted by molar-refractivity contribution is 6.21. The van der Waals surface area contributed by atoms with Crippen molar-refractivity contribution in [1.82, 2.24) is 14.7 Å². The Morgan fingerprint density at radius 1 is 0.706 bits per heavy atom. The van der Waals surface area contributed by atoms with Gasteiger partial charge < -0.3 is 19.1 Å².